The van der Waals surface area contributed by atoms with Crippen molar-refractivity contribution in [3.05, 3.63) is 92.0 Å². The van der Waals surface area contributed by atoms with Gasteiger partial charge in [0.1, 0.15) is 5.82 Å². The third-order valence-corrected chi connectivity index (χ3v) is 5.36. The fourth-order valence-electron chi connectivity index (χ4n) is 3.30. The highest BCUT2D eigenvalue weighted by molar-refractivity contribution is 14.1. The zero-order valence-electron chi connectivity index (χ0n) is 15.2. The van der Waals surface area contributed by atoms with E-state index in [2.05, 4.69) is 22.6 Å². The zero-order chi connectivity index (χ0) is 19.8. The van der Waals surface area contributed by atoms with Gasteiger partial charge in [-0.15, -0.1) is 0 Å². The summed E-state index contributed by atoms with van der Waals surface area (Å²) in [6.45, 7) is 0.237. The van der Waals surface area contributed by atoms with E-state index in [9.17, 15) is 4.79 Å². The molecule has 0 aliphatic carbocycles. The second-order valence-electron chi connectivity index (χ2n) is 6.55. The number of nitrogens with zero attached hydrogens (tertiary/aromatic N) is 2. The SMILES string of the molecule is O=c1c2cc(I)ccc2nc(C=Cc2ccc3c(c2)OCO3)n1-c1ccccc1. The van der Waals surface area contributed by atoms with Crippen LogP contribution in [0.4, 0.5) is 0 Å². The lowest BCUT2D eigenvalue weighted by Gasteiger charge is -2.11. The molecule has 0 fully saturated rings. The van der Waals surface area contributed by atoms with Crippen LogP contribution in [-0.4, -0.2) is 16.3 Å². The molecule has 0 bridgehead atoms. The minimum Gasteiger partial charge on any atom is -0.454 e. The largest absolute Gasteiger partial charge is 0.454 e. The molecule has 4 aromatic rings. The molecule has 5 nitrogen and oxygen atoms in total. The van der Waals surface area contributed by atoms with Crippen molar-refractivity contribution in [2.75, 3.05) is 6.79 Å². The molecule has 0 spiro atoms. The van der Waals surface area contributed by atoms with Crippen molar-refractivity contribution >= 4 is 45.6 Å². The molecule has 6 heteroatoms. The van der Waals surface area contributed by atoms with E-state index in [0.29, 0.717) is 22.5 Å². The molecule has 3 aromatic carbocycles. The summed E-state index contributed by atoms with van der Waals surface area (Å²) < 4.78 is 13.4. The normalized spacial score (nSPS) is 12.7. The van der Waals surface area contributed by atoms with Crippen molar-refractivity contribution in [3.63, 3.8) is 0 Å². The average molecular weight is 494 g/mol. The molecular weight excluding hydrogens is 479 g/mol. The minimum atomic E-state index is -0.0925. The molecule has 5 rings (SSSR count). The number of benzene rings is 3. The van der Waals surface area contributed by atoms with Gasteiger partial charge in [-0.25, -0.2) is 4.98 Å². The summed E-state index contributed by atoms with van der Waals surface area (Å²) in [5.41, 5.74) is 2.29. The van der Waals surface area contributed by atoms with Crippen LogP contribution in [-0.2, 0) is 0 Å². The standard InChI is InChI=1S/C23H15IN2O3/c24-16-8-9-19-18(13-16)23(27)26(17-4-2-1-3-5-17)22(25-19)11-7-15-6-10-20-21(12-15)29-14-28-20/h1-13H,14H2. The van der Waals surface area contributed by atoms with Crippen LogP contribution in [0.25, 0.3) is 28.7 Å². The minimum absolute atomic E-state index is 0.0925. The van der Waals surface area contributed by atoms with Crippen molar-refractivity contribution < 1.29 is 9.47 Å². The van der Waals surface area contributed by atoms with Crippen LogP contribution >= 0.6 is 22.6 Å². The molecule has 0 saturated carbocycles. The molecule has 0 unspecified atom stereocenters. The number of hydrogen-bond acceptors (Lipinski definition) is 4. The maximum Gasteiger partial charge on any atom is 0.266 e. The number of para-hydroxylation sites is 1. The van der Waals surface area contributed by atoms with Gasteiger partial charge in [0, 0.05) is 3.57 Å². The summed E-state index contributed by atoms with van der Waals surface area (Å²) in [7, 11) is 0. The Kier molecular flexibility index (Phi) is 4.55. The number of fused-ring (bicyclic) bond motifs is 2. The van der Waals surface area contributed by atoms with E-state index in [1.807, 2.05) is 78.9 Å². The Morgan fingerprint density at radius 1 is 0.931 bits per heavy atom. The first-order valence-corrected chi connectivity index (χ1v) is 10.1. The van der Waals surface area contributed by atoms with Gasteiger partial charge < -0.3 is 9.47 Å². The predicted molar refractivity (Wildman–Crippen MR) is 122 cm³/mol. The van der Waals surface area contributed by atoms with Crippen LogP contribution in [0.3, 0.4) is 0 Å². The van der Waals surface area contributed by atoms with Gasteiger partial charge in [-0.1, -0.05) is 30.3 Å². The number of halogens is 1. The maximum absolute atomic E-state index is 13.3. The molecule has 2 heterocycles. The molecule has 29 heavy (non-hydrogen) atoms. The fraction of sp³-hybridized carbons (Fsp3) is 0.0435. The van der Waals surface area contributed by atoms with Crippen LogP contribution in [0.15, 0.2) is 71.5 Å². The molecule has 142 valence electrons. The van der Waals surface area contributed by atoms with Crippen molar-refractivity contribution in [1.29, 1.82) is 0 Å². The van der Waals surface area contributed by atoms with Gasteiger partial charge in [0.15, 0.2) is 11.5 Å². The van der Waals surface area contributed by atoms with E-state index in [1.54, 1.807) is 4.57 Å². The monoisotopic (exact) mass is 494 g/mol. The molecule has 0 radical (unpaired) electrons. The van der Waals surface area contributed by atoms with Gasteiger partial charge in [0.2, 0.25) is 6.79 Å². The lowest BCUT2D eigenvalue weighted by Crippen LogP contribution is -2.22. The Labute approximate surface area is 180 Å². The number of rotatable bonds is 3. The first-order valence-electron chi connectivity index (χ1n) is 9.04. The average Bonchev–Trinajstić information content (AvgIpc) is 3.21. The summed E-state index contributed by atoms with van der Waals surface area (Å²) in [5, 5.41) is 0.598. The molecule has 1 aliphatic heterocycles. The van der Waals surface area contributed by atoms with Gasteiger partial charge >= 0.3 is 0 Å². The van der Waals surface area contributed by atoms with E-state index in [1.165, 1.54) is 0 Å². The fourth-order valence-corrected chi connectivity index (χ4v) is 3.79. The topological polar surface area (TPSA) is 53.4 Å². The van der Waals surface area contributed by atoms with Crippen LogP contribution in [0.1, 0.15) is 11.4 Å². The number of aromatic nitrogens is 2. The Morgan fingerprint density at radius 3 is 2.62 bits per heavy atom. The molecule has 0 amide bonds. The van der Waals surface area contributed by atoms with E-state index >= 15 is 0 Å². The highest BCUT2D eigenvalue weighted by Gasteiger charge is 2.14. The van der Waals surface area contributed by atoms with Gasteiger partial charge in [-0.2, -0.15) is 0 Å². The molecular formula is C23H15IN2O3. The maximum atomic E-state index is 13.3. The van der Waals surface area contributed by atoms with E-state index in [-0.39, 0.29) is 12.4 Å². The van der Waals surface area contributed by atoms with E-state index in [0.717, 1.165) is 20.6 Å². The summed E-state index contributed by atoms with van der Waals surface area (Å²) in [6.07, 6.45) is 3.77. The molecule has 0 saturated heterocycles. The third kappa shape index (κ3) is 3.40. The Hall–Kier alpha value is -3.13. The second kappa shape index (κ2) is 7.36. The molecule has 0 N–H and O–H groups in total. The van der Waals surface area contributed by atoms with Gasteiger partial charge in [0.05, 0.1) is 16.6 Å². The van der Waals surface area contributed by atoms with E-state index in [4.69, 9.17) is 14.5 Å². The lowest BCUT2D eigenvalue weighted by molar-refractivity contribution is 0.174. The predicted octanol–water partition coefficient (Wildman–Crippen LogP) is 4.89. The lowest BCUT2D eigenvalue weighted by atomic mass is 10.1. The van der Waals surface area contributed by atoms with Crippen LogP contribution < -0.4 is 15.0 Å². The van der Waals surface area contributed by atoms with Crippen molar-refractivity contribution in [2.45, 2.75) is 0 Å². The van der Waals surface area contributed by atoms with Crippen molar-refractivity contribution in [1.82, 2.24) is 9.55 Å². The highest BCUT2D eigenvalue weighted by Crippen LogP contribution is 2.33. The summed E-state index contributed by atoms with van der Waals surface area (Å²) >= 11 is 2.21. The van der Waals surface area contributed by atoms with Gasteiger partial charge in [-0.3, -0.25) is 9.36 Å². The van der Waals surface area contributed by atoms with Gasteiger partial charge in [0.25, 0.3) is 5.56 Å². The van der Waals surface area contributed by atoms with Crippen LogP contribution in [0, 0.1) is 3.57 Å². The Morgan fingerprint density at radius 2 is 1.76 bits per heavy atom. The second-order valence-corrected chi connectivity index (χ2v) is 7.80. The summed E-state index contributed by atoms with van der Waals surface area (Å²) in [5.74, 6) is 2.02. The van der Waals surface area contributed by atoms with Crippen LogP contribution in [0.2, 0.25) is 0 Å². The van der Waals surface area contributed by atoms with Crippen molar-refractivity contribution in [2.24, 2.45) is 0 Å². The first kappa shape index (κ1) is 17.9. The third-order valence-electron chi connectivity index (χ3n) is 4.69. The smallest absolute Gasteiger partial charge is 0.266 e. The molecule has 1 aromatic heterocycles. The molecule has 1 aliphatic rings. The quantitative estimate of drug-likeness (QED) is 0.381. The summed E-state index contributed by atoms with van der Waals surface area (Å²) in [4.78, 5) is 18.1. The zero-order valence-corrected chi connectivity index (χ0v) is 17.4. The number of hydrogen-bond donors (Lipinski definition) is 0. The van der Waals surface area contributed by atoms with Gasteiger partial charge in [-0.05, 0) is 76.7 Å². The first-order chi connectivity index (χ1) is 14.2. The van der Waals surface area contributed by atoms with Crippen LogP contribution in [0.5, 0.6) is 11.5 Å². The van der Waals surface area contributed by atoms with Crippen molar-refractivity contribution in [3.8, 4) is 17.2 Å². The Balaban J connectivity index is 1.68. The van der Waals surface area contributed by atoms with E-state index < -0.39 is 0 Å². The Bertz CT molecular complexity index is 1310. The highest BCUT2D eigenvalue weighted by atomic mass is 127. The number of ether oxygens (including phenoxy) is 2. The summed E-state index contributed by atoms with van der Waals surface area (Å²) in [6, 6.07) is 21.0. The molecule has 0 atom stereocenters.